The Bertz CT molecular complexity index is 73.7. The van der Waals surface area contributed by atoms with E-state index < -0.39 is 0 Å². The number of nitrogens with one attached hydrogen (secondary N) is 1. The molecule has 3 nitrogen and oxygen atoms in total. The summed E-state index contributed by atoms with van der Waals surface area (Å²) < 4.78 is 0. The largest absolute Gasteiger partial charge is 0.271 e. The van der Waals surface area contributed by atoms with Gasteiger partial charge in [-0.25, -0.2) is 10.4 Å². The van der Waals surface area contributed by atoms with Gasteiger partial charge < -0.3 is 0 Å². The first kappa shape index (κ1) is 6.01. The van der Waals surface area contributed by atoms with E-state index in [1.807, 2.05) is 25.8 Å². The Morgan fingerprint density at radius 3 is 2.25 bits per heavy atom. The van der Waals surface area contributed by atoms with Crippen LogP contribution in [0.5, 0.6) is 0 Å². The van der Waals surface area contributed by atoms with Crippen LogP contribution in [0.15, 0.2) is 0 Å². The lowest BCUT2D eigenvalue weighted by molar-refractivity contribution is 0.319. The Morgan fingerprint density at radius 2 is 2.12 bits per heavy atom. The smallest absolute Gasteiger partial charge is 0.107 e. The van der Waals surface area contributed by atoms with Gasteiger partial charge in [0.25, 0.3) is 0 Å². The predicted molar refractivity (Wildman–Crippen MR) is 32.4 cm³/mol. The fourth-order valence-corrected chi connectivity index (χ4v) is 0.792. The zero-order valence-corrected chi connectivity index (χ0v) is 5.55. The zero-order valence-electron chi connectivity index (χ0n) is 5.55. The number of hydrazine groups is 1. The molecule has 1 rings (SSSR count). The molecule has 8 heavy (non-hydrogen) atoms. The van der Waals surface area contributed by atoms with Gasteiger partial charge in [-0.1, -0.05) is 0 Å². The molecule has 1 radical (unpaired) electrons. The lowest BCUT2D eigenvalue weighted by Crippen LogP contribution is -2.32. The molecule has 1 aliphatic rings. The second-order valence-corrected chi connectivity index (χ2v) is 2.20. The highest BCUT2D eigenvalue weighted by atomic mass is 15.6. The van der Waals surface area contributed by atoms with Crippen molar-refractivity contribution in [2.75, 3.05) is 14.1 Å². The Kier molecular flexibility index (Phi) is 1.51. The molecule has 0 aromatic rings. The first-order chi connectivity index (χ1) is 3.70. The van der Waals surface area contributed by atoms with Crippen LogP contribution in [-0.4, -0.2) is 30.2 Å². The molecule has 0 aromatic heterocycles. The SMILES string of the molecule is CC1NN(C)[CH]N1C. The van der Waals surface area contributed by atoms with Gasteiger partial charge in [-0.3, -0.25) is 4.90 Å². The van der Waals surface area contributed by atoms with Crippen molar-refractivity contribution in [1.29, 1.82) is 0 Å². The molecule has 0 aromatic carbocycles. The van der Waals surface area contributed by atoms with Gasteiger partial charge in [0.05, 0.1) is 6.17 Å². The van der Waals surface area contributed by atoms with E-state index in [1.54, 1.807) is 0 Å². The minimum Gasteiger partial charge on any atom is -0.271 e. The van der Waals surface area contributed by atoms with E-state index in [4.69, 9.17) is 0 Å². The van der Waals surface area contributed by atoms with Crippen molar-refractivity contribution in [3.63, 3.8) is 0 Å². The highest BCUT2D eigenvalue weighted by Crippen LogP contribution is 2.04. The summed E-state index contributed by atoms with van der Waals surface area (Å²) in [5, 5.41) is 1.95. The van der Waals surface area contributed by atoms with E-state index in [0.717, 1.165) is 0 Å². The van der Waals surface area contributed by atoms with Crippen molar-refractivity contribution in [3.8, 4) is 0 Å². The van der Waals surface area contributed by atoms with Gasteiger partial charge in [0.15, 0.2) is 0 Å². The van der Waals surface area contributed by atoms with E-state index in [-0.39, 0.29) is 0 Å². The quantitative estimate of drug-likeness (QED) is 0.472. The van der Waals surface area contributed by atoms with Crippen molar-refractivity contribution in [1.82, 2.24) is 15.3 Å². The second kappa shape index (κ2) is 2.01. The molecular formula is C5H12N3. The van der Waals surface area contributed by atoms with Gasteiger partial charge in [0.1, 0.15) is 6.67 Å². The van der Waals surface area contributed by atoms with Gasteiger partial charge in [0.2, 0.25) is 0 Å². The van der Waals surface area contributed by atoms with Crippen LogP contribution in [0.3, 0.4) is 0 Å². The van der Waals surface area contributed by atoms with Gasteiger partial charge in [0, 0.05) is 7.05 Å². The Morgan fingerprint density at radius 1 is 1.50 bits per heavy atom. The van der Waals surface area contributed by atoms with Crippen molar-refractivity contribution in [2.24, 2.45) is 0 Å². The maximum atomic E-state index is 3.17. The number of rotatable bonds is 0. The molecule has 1 fully saturated rings. The summed E-state index contributed by atoms with van der Waals surface area (Å²) in [6.45, 7) is 4.13. The molecule has 1 unspecified atom stereocenters. The summed E-state index contributed by atoms with van der Waals surface area (Å²) in [6.07, 6.45) is 0.444. The maximum absolute atomic E-state index is 3.17. The number of hydrogen-bond donors (Lipinski definition) is 1. The number of nitrogens with zero attached hydrogens (tertiary/aromatic N) is 2. The maximum Gasteiger partial charge on any atom is 0.107 e. The standard InChI is InChI=1S/C5H12N3/c1-5-6-8(3)4-7(5)2/h4-6H,1-3H3. The molecule has 0 saturated carbocycles. The first-order valence-corrected chi connectivity index (χ1v) is 2.76. The van der Waals surface area contributed by atoms with Crippen LogP contribution in [0.25, 0.3) is 0 Å². The third kappa shape index (κ3) is 0.992. The average molecular weight is 114 g/mol. The van der Waals surface area contributed by atoms with Crippen LogP contribution in [0, 0.1) is 6.67 Å². The van der Waals surface area contributed by atoms with Crippen molar-refractivity contribution in [2.45, 2.75) is 13.1 Å². The molecule has 3 heteroatoms. The summed E-state index contributed by atoms with van der Waals surface area (Å²) in [4.78, 5) is 2.11. The fourth-order valence-electron chi connectivity index (χ4n) is 0.792. The highest BCUT2D eigenvalue weighted by molar-refractivity contribution is 4.74. The average Bonchev–Trinajstić information content (AvgIpc) is 1.85. The Labute approximate surface area is 50.2 Å². The van der Waals surface area contributed by atoms with E-state index in [2.05, 4.69) is 17.2 Å². The molecule has 1 saturated heterocycles. The number of hydrogen-bond acceptors (Lipinski definition) is 3. The van der Waals surface area contributed by atoms with Crippen LogP contribution < -0.4 is 5.43 Å². The normalized spacial score (nSPS) is 34.1. The minimum absolute atomic E-state index is 0.444. The molecule has 0 bridgehead atoms. The first-order valence-electron chi connectivity index (χ1n) is 2.76. The molecule has 0 spiro atoms. The summed E-state index contributed by atoms with van der Waals surface area (Å²) in [7, 11) is 4.03. The lowest BCUT2D eigenvalue weighted by atomic mass is 10.6. The fraction of sp³-hybridized carbons (Fsp3) is 0.800. The highest BCUT2D eigenvalue weighted by Gasteiger charge is 2.19. The second-order valence-electron chi connectivity index (χ2n) is 2.20. The van der Waals surface area contributed by atoms with Crippen LogP contribution in [-0.2, 0) is 0 Å². The van der Waals surface area contributed by atoms with Crippen molar-refractivity contribution < 1.29 is 0 Å². The van der Waals surface area contributed by atoms with Crippen molar-refractivity contribution in [3.05, 3.63) is 6.67 Å². The van der Waals surface area contributed by atoms with Crippen LogP contribution >= 0.6 is 0 Å². The Hall–Kier alpha value is -0.120. The molecule has 1 heterocycles. The lowest BCUT2D eigenvalue weighted by Gasteiger charge is -2.09. The van der Waals surface area contributed by atoms with Gasteiger partial charge in [-0.2, -0.15) is 0 Å². The molecule has 1 atom stereocenters. The van der Waals surface area contributed by atoms with Crippen molar-refractivity contribution >= 4 is 0 Å². The van der Waals surface area contributed by atoms with Crippen LogP contribution in [0.1, 0.15) is 6.92 Å². The van der Waals surface area contributed by atoms with E-state index in [0.29, 0.717) is 6.17 Å². The van der Waals surface area contributed by atoms with Crippen LogP contribution in [0.2, 0.25) is 0 Å². The minimum atomic E-state index is 0.444. The molecule has 0 amide bonds. The van der Waals surface area contributed by atoms with Gasteiger partial charge in [-0.05, 0) is 14.0 Å². The monoisotopic (exact) mass is 114 g/mol. The van der Waals surface area contributed by atoms with Gasteiger partial charge >= 0.3 is 0 Å². The summed E-state index contributed by atoms with van der Waals surface area (Å²) >= 11 is 0. The molecule has 47 valence electrons. The summed E-state index contributed by atoms with van der Waals surface area (Å²) in [6, 6.07) is 0. The molecule has 1 N–H and O–H groups in total. The molecule has 1 aliphatic heterocycles. The van der Waals surface area contributed by atoms with Gasteiger partial charge in [-0.15, -0.1) is 0 Å². The predicted octanol–water partition coefficient (Wildman–Crippen LogP) is -0.167. The summed E-state index contributed by atoms with van der Waals surface area (Å²) in [5.41, 5.74) is 3.17. The summed E-state index contributed by atoms with van der Waals surface area (Å²) in [5.74, 6) is 0. The van der Waals surface area contributed by atoms with E-state index in [9.17, 15) is 0 Å². The van der Waals surface area contributed by atoms with Crippen LogP contribution in [0.4, 0.5) is 0 Å². The van der Waals surface area contributed by atoms with E-state index >= 15 is 0 Å². The zero-order chi connectivity index (χ0) is 6.15. The third-order valence-electron chi connectivity index (χ3n) is 1.36. The third-order valence-corrected chi connectivity index (χ3v) is 1.36. The molecular weight excluding hydrogens is 102 g/mol. The molecule has 0 aliphatic carbocycles. The Balaban J connectivity index is 2.39. The van der Waals surface area contributed by atoms with E-state index in [1.165, 1.54) is 0 Å². The topological polar surface area (TPSA) is 18.5 Å².